The molecule has 82 valence electrons. The van der Waals surface area contributed by atoms with Crippen molar-refractivity contribution in [2.45, 2.75) is 19.3 Å². The van der Waals surface area contributed by atoms with Crippen LogP contribution in [0.1, 0.15) is 19.3 Å². The number of hydrogen-bond donors (Lipinski definition) is 1. The van der Waals surface area contributed by atoms with E-state index in [1.807, 2.05) is 0 Å². The summed E-state index contributed by atoms with van der Waals surface area (Å²) in [6, 6.07) is 0. The fourth-order valence-electron chi connectivity index (χ4n) is 1.58. The van der Waals surface area contributed by atoms with Crippen LogP contribution in [0.15, 0.2) is 12.4 Å². The Morgan fingerprint density at radius 2 is 2.13 bits per heavy atom. The molecule has 1 aromatic rings. The molecule has 0 spiro atoms. The van der Waals surface area contributed by atoms with Crippen molar-refractivity contribution in [3.05, 3.63) is 12.4 Å². The summed E-state index contributed by atoms with van der Waals surface area (Å²) in [4.78, 5) is 19.3. The topological polar surface area (TPSA) is 73.4 Å². The van der Waals surface area contributed by atoms with Crippen molar-refractivity contribution in [3.63, 3.8) is 0 Å². The fourth-order valence-corrected chi connectivity index (χ4v) is 1.58. The summed E-state index contributed by atoms with van der Waals surface area (Å²) in [6.45, 7) is 1.52. The number of piperidine rings is 1. The summed E-state index contributed by atoms with van der Waals surface area (Å²) in [6.07, 6.45) is 5.79. The van der Waals surface area contributed by atoms with Crippen LogP contribution in [0.2, 0.25) is 0 Å². The molecule has 1 aliphatic heterocycles. The molecule has 6 nitrogen and oxygen atoms in total. The number of carbonyl (C=O) groups is 1. The van der Waals surface area contributed by atoms with Gasteiger partial charge in [-0.1, -0.05) is 4.85 Å². The van der Waals surface area contributed by atoms with Crippen molar-refractivity contribution in [1.82, 2.24) is 14.8 Å². The number of aromatic nitrogens is 2. The second-order valence-electron chi connectivity index (χ2n) is 3.58. The number of nitrogen functional groups attached to an aromatic ring is 1. The van der Waals surface area contributed by atoms with Crippen LogP contribution in [0.3, 0.4) is 0 Å². The van der Waals surface area contributed by atoms with Gasteiger partial charge < -0.3 is 10.6 Å². The minimum absolute atomic E-state index is 0.363. The normalized spacial score (nSPS) is 16.4. The zero-order chi connectivity index (χ0) is 10.7. The Bertz CT molecular complexity index is 344. The van der Waals surface area contributed by atoms with Crippen molar-refractivity contribution in [2.75, 3.05) is 18.8 Å². The number of anilines is 1. The second kappa shape index (κ2) is 4.20. The summed E-state index contributed by atoms with van der Waals surface area (Å²) < 4.78 is 0. The lowest BCUT2D eigenvalue weighted by atomic mass is 10.1. The van der Waals surface area contributed by atoms with E-state index in [0.29, 0.717) is 5.69 Å². The molecule has 0 bridgehead atoms. The van der Waals surface area contributed by atoms with Gasteiger partial charge in [-0.05, 0) is 19.3 Å². The number of carbonyl (C=O) groups excluding carboxylic acids is 1. The van der Waals surface area contributed by atoms with E-state index in [9.17, 15) is 4.79 Å². The molecule has 2 N–H and O–H groups in total. The quantitative estimate of drug-likeness (QED) is 0.732. The second-order valence-corrected chi connectivity index (χ2v) is 3.58. The molecule has 0 atom stereocenters. The van der Waals surface area contributed by atoms with Crippen molar-refractivity contribution in [2.24, 2.45) is 0 Å². The minimum Gasteiger partial charge on any atom is -0.396 e. The average Bonchev–Trinajstić information content (AvgIpc) is 2.65. The van der Waals surface area contributed by atoms with Gasteiger partial charge in [0, 0.05) is 13.1 Å². The van der Waals surface area contributed by atoms with E-state index < -0.39 is 0 Å². The predicted octanol–water partition coefficient (Wildman–Crippen LogP) is 0.500. The van der Waals surface area contributed by atoms with Crippen molar-refractivity contribution < 1.29 is 9.63 Å². The summed E-state index contributed by atoms with van der Waals surface area (Å²) in [5.41, 5.74) is 5.92. The third-order valence-electron chi connectivity index (χ3n) is 2.37. The number of rotatable bonds is 1. The van der Waals surface area contributed by atoms with Crippen LogP contribution < -0.4 is 10.6 Å². The number of nitrogens with two attached hydrogens (primary N) is 1. The molecule has 0 aliphatic carbocycles. The van der Waals surface area contributed by atoms with Crippen LogP contribution in [-0.4, -0.2) is 34.0 Å². The molecular formula is C9H14N4O2. The largest absolute Gasteiger partial charge is 0.435 e. The molecule has 2 rings (SSSR count). The number of nitrogens with zero attached hydrogens (tertiary/aromatic N) is 3. The van der Waals surface area contributed by atoms with E-state index in [4.69, 9.17) is 10.6 Å². The average molecular weight is 210 g/mol. The Hall–Kier alpha value is -1.72. The summed E-state index contributed by atoms with van der Waals surface area (Å²) in [5, 5.41) is 3.77. The minimum atomic E-state index is -0.363. The summed E-state index contributed by atoms with van der Waals surface area (Å²) in [7, 11) is 0. The molecule has 2 heterocycles. The maximum atomic E-state index is 11.6. The van der Waals surface area contributed by atoms with Gasteiger partial charge >= 0.3 is 6.09 Å². The van der Waals surface area contributed by atoms with E-state index in [0.717, 1.165) is 30.8 Å². The van der Waals surface area contributed by atoms with E-state index in [-0.39, 0.29) is 6.09 Å². The molecule has 0 aromatic carbocycles. The van der Waals surface area contributed by atoms with Crippen LogP contribution >= 0.6 is 0 Å². The lowest BCUT2D eigenvalue weighted by Gasteiger charge is -2.24. The zero-order valence-electron chi connectivity index (χ0n) is 8.43. The van der Waals surface area contributed by atoms with Gasteiger partial charge in [0.1, 0.15) is 0 Å². The molecule has 0 saturated carbocycles. The van der Waals surface area contributed by atoms with Gasteiger partial charge in [-0.25, -0.2) is 4.79 Å². The van der Waals surface area contributed by atoms with Gasteiger partial charge in [0.05, 0.1) is 18.1 Å². The Kier molecular flexibility index (Phi) is 2.75. The molecule has 6 heteroatoms. The first-order chi connectivity index (χ1) is 7.25. The molecule has 0 radical (unpaired) electrons. The van der Waals surface area contributed by atoms with Crippen LogP contribution in [0, 0.1) is 0 Å². The van der Waals surface area contributed by atoms with E-state index in [2.05, 4.69) is 5.10 Å². The monoisotopic (exact) mass is 210 g/mol. The lowest BCUT2D eigenvalue weighted by Crippen LogP contribution is -2.40. The third-order valence-corrected chi connectivity index (χ3v) is 2.37. The van der Waals surface area contributed by atoms with E-state index >= 15 is 0 Å². The molecule has 0 unspecified atom stereocenters. The molecule has 1 aliphatic rings. The van der Waals surface area contributed by atoms with Gasteiger partial charge in [0.2, 0.25) is 0 Å². The Morgan fingerprint density at radius 1 is 1.40 bits per heavy atom. The smallest absolute Gasteiger partial charge is 0.396 e. The molecule has 1 amide bonds. The molecular weight excluding hydrogens is 196 g/mol. The SMILES string of the molecule is Nc1cnn(OC(=O)N2CCCCC2)c1. The first-order valence-corrected chi connectivity index (χ1v) is 5.03. The van der Waals surface area contributed by atoms with Crippen molar-refractivity contribution in [1.29, 1.82) is 0 Å². The van der Waals surface area contributed by atoms with Gasteiger partial charge in [-0.15, -0.1) is 5.10 Å². The molecule has 1 saturated heterocycles. The lowest BCUT2D eigenvalue weighted by molar-refractivity contribution is 0.0731. The molecule has 1 fully saturated rings. The van der Waals surface area contributed by atoms with Gasteiger partial charge in [0.25, 0.3) is 0 Å². The molecule has 15 heavy (non-hydrogen) atoms. The highest BCUT2D eigenvalue weighted by Crippen LogP contribution is 2.09. The Morgan fingerprint density at radius 3 is 2.73 bits per heavy atom. The first kappa shape index (κ1) is 9.82. The highest BCUT2D eigenvalue weighted by atomic mass is 16.7. The van der Waals surface area contributed by atoms with Crippen LogP contribution in [0.5, 0.6) is 0 Å². The van der Waals surface area contributed by atoms with Crippen LogP contribution in [-0.2, 0) is 0 Å². The number of hydrogen-bond acceptors (Lipinski definition) is 4. The fraction of sp³-hybridized carbons (Fsp3) is 0.556. The third kappa shape index (κ3) is 2.39. The van der Waals surface area contributed by atoms with Crippen LogP contribution in [0.4, 0.5) is 10.5 Å². The Labute approximate surface area is 87.6 Å². The summed E-state index contributed by atoms with van der Waals surface area (Å²) in [5.74, 6) is 0. The summed E-state index contributed by atoms with van der Waals surface area (Å²) >= 11 is 0. The van der Waals surface area contributed by atoms with E-state index in [1.165, 1.54) is 18.8 Å². The van der Waals surface area contributed by atoms with Crippen molar-refractivity contribution >= 4 is 11.8 Å². The molecule has 1 aromatic heterocycles. The predicted molar refractivity (Wildman–Crippen MR) is 54.0 cm³/mol. The van der Waals surface area contributed by atoms with Crippen molar-refractivity contribution in [3.8, 4) is 0 Å². The van der Waals surface area contributed by atoms with E-state index in [1.54, 1.807) is 4.90 Å². The Balaban J connectivity index is 1.91. The highest BCUT2D eigenvalue weighted by Gasteiger charge is 2.18. The maximum absolute atomic E-state index is 11.6. The first-order valence-electron chi connectivity index (χ1n) is 5.03. The van der Waals surface area contributed by atoms with Gasteiger partial charge in [-0.2, -0.15) is 0 Å². The number of amides is 1. The standard InChI is InChI=1S/C9H14N4O2/c10-8-6-11-13(7-8)15-9(14)12-4-2-1-3-5-12/h6-7H,1-5,10H2. The number of likely N-dealkylation sites (tertiary alicyclic amines) is 1. The maximum Gasteiger partial charge on any atom is 0.435 e. The highest BCUT2D eigenvalue weighted by molar-refractivity contribution is 5.67. The van der Waals surface area contributed by atoms with Crippen LogP contribution in [0.25, 0.3) is 0 Å². The van der Waals surface area contributed by atoms with Gasteiger partial charge in [-0.3, -0.25) is 4.84 Å². The van der Waals surface area contributed by atoms with Gasteiger partial charge in [0.15, 0.2) is 0 Å². The zero-order valence-corrected chi connectivity index (χ0v) is 8.43.